The minimum Gasteiger partial charge on any atom is -0.481 e. The zero-order valence-corrected chi connectivity index (χ0v) is 12.9. The fourth-order valence-electron chi connectivity index (χ4n) is 1.84. The lowest BCUT2D eigenvalue weighted by molar-refractivity contribution is -0.127. The zero-order chi connectivity index (χ0) is 15.2. The van der Waals surface area contributed by atoms with Gasteiger partial charge in [0.2, 0.25) is 0 Å². The van der Waals surface area contributed by atoms with Crippen LogP contribution in [0.1, 0.15) is 18.1 Å². The third-order valence-corrected chi connectivity index (χ3v) is 3.48. The predicted molar refractivity (Wildman–Crippen MR) is 84.6 cm³/mol. The number of rotatable bonds is 5. The van der Waals surface area contributed by atoms with E-state index >= 15 is 0 Å². The third kappa shape index (κ3) is 4.50. The summed E-state index contributed by atoms with van der Waals surface area (Å²) >= 11 is 6.05. The molecule has 2 aromatic rings. The molecule has 0 spiro atoms. The highest BCUT2D eigenvalue weighted by Gasteiger charge is 2.14. The Hall–Kier alpha value is -2.00. The summed E-state index contributed by atoms with van der Waals surface area (Å²) in [6.07, 6.45) is -0.560. The highest BCUT2D eigenvalue weighted by molar-refractivity contribution is 6.31. The number of halogens is 1. The van der Waals surface area contributed by atoms with Crippen LogP contribution in [0.4, 0.5) is 0 Å². The van der Waals surface area contributed by atoms with Crippen molar-refractivity contribution in [3.8, 4) is 5.75 Å². The highest BCUT2D eigenvalue weighted by Crippen LogP contribution is 2.15. The van der Waals surface area contributed by atoms with Crippen LogP contribution in [-0.2, 0) is 11.3 Å². The predicted octanol–water partition coefficient (Wildman–Crippen LogP) is 3.73. The summed E-state index contributed by atoms with van der Waals surface area (Å²) in [5.74, 6) is 0.511. The van der Waals surface area contributed by atoms with Crippen LogP contribution in [-0.4, -0.2) is 12.0 Å². The first-order valence-corrected chi connectivity index (χ1v) is 7.18. The Morgan fingerprint density at radius 3 is 2.52 bits per heavy atom. The molecule has 0 aliphatic carbocycles. The normalized spacial score (nSPS) is 11.8. The van der Waals surface area contributed by atoms with Gasteiger partial charge >= 0.3 is 0 Å². The van der Waals surface area contributed by atoms with Gasteiger partial charge in [-0.25, -0.2) is 0 Å². The SMILES string of the molecule is Cc1ccc(OC(C)C(=O)NCc2ccccc2Cl)cc1. The summed E-state index contributed by atoms with van der Waals surface area (Å²) in [6.45, 7) is 4.12. The molecule has 0 fully saturated rings. The van der Waals surface area contributed by atoms with Gasteiger partial charge in [0.05, 0.1) is 0 Å². The molecule has 0 radical (unpaired) electrons. The first-order chi connectivity index (χ1) is 10.1. The lowest BCUT2D eigenvalue weighted by atomic mass is 10.2. The molecule has 0 saturated heterocycles. The van der Waals surface area contributed by atoms with Crippen molar-refractivity contribution in [2.24, 2.45) is 0 Å². The topological polar surface area (TPSA) is 38.3 Å². The minimum atomic E-state index is -0.560. The fraction of sp³-hybridized carbons (Fsp3) is 0.235. The molecule has 2 aromatic carbocycles. The van der Waals surface area contributed by atoms with Gasteiger partial charge in [0.1, 0.15) is 5.75 Å². The van der Waals surface area contributed by atoms with E-state index in [2.05, 4.69) is 5.32 Å². The molecule has 0 aliphatic rings. The number of amides is 1. The standard InChI is InChI=1S/C17H18ClNO2/c1-12-7-9-15(10-8-12)21-13(2)17(20)19-11-14-5-3-4-6-16(14)18/h3-10,13H,11H2,1-2H3,(H,19,20). The maximum Gasteiger partial charge on any atom is 0.261 e. The molecule has 0 heterocycles. The molecule has 0 saturated carbocycles. The molecular formula is C17H18ClNO2. The van der Waals surface area contributed by atoms with Crippen LogP contribution in [0.15, 0.2) is 48.5 Å². The van der Waals surface area contributed by atoms with Crippen LogP contribution < -0.4 is 10.1 Å². The average Bonchev–Trinajstić information content (AvgIpc) is 2.48. The van der Waals surface area contributed by atoms with Crippen molar-refractivity contribution in [3.63, 3.8) is 0 Å². The first kappa shape index (κ1) is 15.4. The van der Waals surface area contributed by atoms with E-state index in [-0.39, 0.29) is 5.91 Å². The van der Waals surface area contributed by atoms with E-state index in [0.29, 0.717) is 17.3 Å². The third-order valence-electron chi connectivity index (χ3n) is 3.11. The number of carbonyl (C=O) groups is 1. The van der Waals surface area contributed by atoms with Crippen molar-refractivity contribution in [1.82, 2.24) is 5.32 Å². The Balaban J connectivity index is 1.88. The molecular weight excluding hydrogens is 286 g/mol. The summed E-state index contributed by atoms with van der Waals surface area (Å²) in [5, 5.41) is 3.47. The van der Waals surface area contributed by atoms with Crippen molar-refractivity contribution in [2.75, 3.05) is 0 Å². The summed E-state index contributed by atoms with van der Waals surface area (Å²) in [5.41, 5.74) is 2.04. The smallest absolute Gasteiger partial charge is 0.261 e. The molecule has 0 aliphatic heterocycles. The molecule has 3 nitrogen and oxygen atoms in total. The molecule has 1 amide bonds. The van der Waals surface area contributed by atoms with Gasteiger partial charge in [-0.3, -0.25) is 4.79 Å². The lowest BCUT2D eigenvalue weighted by Gasteiger charge is -2.15. The Labute approximate surface area is 129 Å². The van der Waals surface area contributed by atoms with Gasteiger partial charge in [-0.15, -0.1) is 0 Å². The molecule has 110 valence electrons. The van der Waals surface area contributed by atoms with Crippen LogP contribution in [0.5, 0.6) is 5.75 Å². The van der Waals surface area contributed by atoms with E-state index in [1.807, 2.05) is 49.4 Å². The number of hydrogen-bond donors (Lipinski definition) is 1. The van der Waals surface area contributed by atoms with E-state index in [0.717, 1.165) is 11.1 Å². The zero-order valence-electron chi connectivity index (χ0n) is 12.1. The number of benzene rings is 2. The lowest BCUT2D eigenvalue weighted by Crippen LogP contribution is -2.35. The number of aryl methyl sites for hydroxylation is 1. The van der Waals surface area contributed by atoms with Crippen LogP contribution in [0.25, 0.3) is 0 Å². The van der Waals surface area contributed by atoms with Gasteiger partial charge in [0.15, 0.2) is 6.10 Å². The fourth-order valence-corrected chi connectivity index (χ4v) is 2.04. The summed E-state index contributed by atoms with van der Waals surface area (Å²) in [6, 6.07) is 15.0. The van der Waals surface area contributed by atoms with Crippen molar-refractivity contribution < 1.29 is 9.53 Å². The summed E-state index contributed by atoms with van der Waals surface area (Å²) in [4.78, 5) is 12.0. The summed E-state index contributed by atoms with van der Waals surface area (Å²) in [7, 11) is 0. The molecule has 1 unspecified atom stereocenters. The van der Waals surface area contributed by atoms with Gasteiger partial charge in [-0.2, -0.15) is 0 Å². The maximum atomic E-state index is 12.0. The quantitative estimate of drug-likeness (QED) is 0.914. The molecule has 21 heavy (non-hydrogen) atoms. The summed E-state index contributed by atoms with van der Waals surface area (Å²) < 4.78 is 5.60. The Morgan fingerprint density at radius 1 is 1.19 bits per heavy atom. The number of ether oxygens (including phenoxy) is 1. The van der Waals surface area contributed by atoms with E-state index in [1.165, 1.54) is 0 Å². The van der Waals surface area contributed by atoms with Crippen LogP contribution >= 0.6 is 11.6 Å². The van der Waals surface area contributed by atoms with Gasteiger partial charge in [-0.1, -0.05) is 47.5 Å². The van der Waals surface area contributed by atoms with Gasteiger partial charge < -0.3 is 10.1 Å². The molecule has 0 bridgehead atoms. The Morgan fingerprint density at radius 2 is 1.86 bits per heavy atom. The minimum absolute atomic E-state index is 0.171. The molecule has 4 heteroatoms. The van der Waals surface area contributed by atoms with Crippen molar-refractivity contribution in [1.29, 1.82) is 0 Å². The number of carbonyl (C=O) groups excluding carboxylic acids is 1. The van der Waals surface area contributed by atoms with Gasteiger partial charge in [0, 0.05) is 11.6 Å². The average molecular weight is 304 g/mol. The van der Waals surface area contributed by atoms with E-state index < -0.39 is 6.10 Å². The molecule has 1 atom stereocenters. The molecule has 2 rings (SSSR count). The first-order valence-electron chi connectivity index (χ1n) is 6.80. The second kappa shape index (κ2) is 7.14. The van der Waals surface area contributed by atoms with E-state index in [1.54, 1.807) is 13.0 Å². The Kier molecular flexibility index (Phi) is 5.23. The van der Waals surface area contributed by atoms with Crippen LogP contribution in [0.3, 0.4) is 0 Å². The van der Waals surface area contributed by atoms with Gasteiger partial charge in [0.25, 0.3) is 5.91 Å². The van der Waals surface area contributed by atoms with Crippen molar-refractivity contribution in [3.05, 3.63) is 64.7 Å². The highest BCUT2D eigenvalue weighted by atomic mass is 35.5. The van der Waals surface area contributed by atoms with Crippen LogP contribution in [0, 0.1) is 6.92 Å². The van der Waals surface area contributed by atoms with Crippen molar-refractivity contribution >= 4 is 17.5 Å². The monoisotopic (exact) mass is 303 g/mol. The van der Waals surface area contributed by atoms with Crippen molar-refractivity contribution in [2.45, 2.75) is 26.5 Å². The maximum absolute atomic E-state index is 12.0. The Bertz CT molecular complexity index is 610. The van der Waals surface area contributed by atoms with E-state index in [9.17, 15) is 4.79 Å². The molecule has 1 N–H and O–H groups in total. The van der Waals surface area contributed by atoms with E-state index in [4.69, 9.17) is 16.3 Å². The second-order valence-electron chi connectivity index (χ2n) is 4.88. The number of nitrogens with one attached hydrogen (secondary N) is 1. The number of hydrogen-bond acceptors (Lipinski definition) is 2. The second-order valence-corrected chi connectivity index (χ2v) is 5.29. The van der Waals surface area contributed by atoms with Gasteiger partial charge in [-0.05, 0) is 37.6 Å². The molecule has 0 aromatic heterocycles. The largest absolute Gasteiger partial charge is 0.481 e. The van der Waals surface area contributed by atoms with Crippen LogP contribution in [0.2, 0.25) is 5.02 Å².